The monoisotopic (exact) mass is 762 g/mol. The molecule has 0 aromatic heterocycles. The summed E-state index contributed by atoms with van der Waals surface area (Å²) in [6.07, 6.45) is 50.2. The highest BCUT2D eigenvalue weighted by Gasteiger charge is 2.18. The van der Waals surface area contributed by atoms with E-state index in [1.54, 1.807) is 6.08 Å². The van der Waals surface area contributed by atoms with E-state index in [0.29, 0.717) is 19.4 Å². The summed E-state index contributed by atoms with van der Waals surface area (Å²) < 4.78 is 5.44. The number of hydrogen-bond donors (Lipinski definition) is 3. The number of ether oxygens (including phenoxy) is 1. The van der Waals surface area contributed by atoms with E-state index in [4.69, 9.17) is 4.74 Å². The number of rotatable bonds is 43. The minimum Gasteiger partial charge on any atom is -0.466 e. The molecule has 0 saturated carbocycles. The zero-order chi connectivity index (χ0) is 39.4. The number of esters is 1. The highest BCUT2D eigenvalue weighted by molar-refractivity contribution is 5.76. The molecule has 6 nitrogen and oxygen atoms in total. The number of aliphatic hydroxyl groups excluding tert-OH is 2. The average molecular weight is 762 g/mol. The van der Waals surface area contributed by atoms with Gasteiger partial charge in [-0.1, -0.05) is 199 Å². The van der Waals surface area contributed by atoms with Crippen molar-refractivity contribution in [3.8, 4) is 0 Å². The lowest BCUT2D eigenvalue weighted by atomic mass is 10.0. The van der Waals surface area contributed by atoms with Crippen LogP contribution < -0.4 is 5.32 Å². The van der Waals surface area contributed by atoms with E-state index >= 15 is 0 Å². The molecule has 0 bridgehead atoms. The maximum atomic E-state index is 12.4. The fraction of sp³-hybridized carbons (Fsp3) is 0.875. The van der Waals surface area contributed by atoms with Crippen LogP contribution in [0, 0.1) is 0 Å². The molecular formula is C48H91NO5. The molecule has 0 aliphatic rings. The van der Waals surface area contributed by atoms with Crippen LogP contribution in [0.5, 0.6) is 0 Å². The lowest BCUT2D eigenvalue weighted by Crippen LogP contribution is -2.45. The molecule has 0 aliphatic carbocycles. The second-order valence-corrected chi connectivity index (χ2v) is 16.1. The van der Waals surface area contributed by atoms with Gasteiger partial charge in [0.25, 0.3) is 0 Å². The Morgan fingerprint density at radius 3 is 1.33 bits per heavy atom. The van der Waals surface area contributed by atoms with Gasteiger partial charge in [-0.2, -0.15) is 0 Å². The second-order valence-electron chi connectivity index (χ2n) is 16.1. The van der Waals surface area contributed by atoms with E-state index < -0.39 is 12.1 Å². The molecule has 318 valence electrons. The fourth-order valence-corrected chi connectivity index (χ4v) is 7.04. The molecule has 0 rings (SSSR count). The van der Waals surface area contributed by atoms with E-state index in [0.717, 1.165) is 57.8 Å². The molecule has 0 spiro atoms. The zero-order valence-corrected chi connectivity index (χ0v) is 36.0. The molecule has 0 aromatic carbocycles. The highest BCUT2D eigenvalue weighted by atomic mass is 16.5. The first-order valence-electron chi connectivity index (χ1n) is 23.6. The molecule has 2 atom stereocenters. The summed E-state index contributed by atoms with van der Waals surface area (Å²) in [6.45, 7) is 4.83. The largest absolute Gasteiger partial charge is 0.466 e. The molecule has 0 saturated heterocycles. The summed E-state index contributed by atoms with van der Waals surface area (Å²) in [5.41, 5.74) is 0. The molecule has 2 unspecified atom stereocenters. The van der Waals surface area contributed by atoms with Crippen molar-refractivity contribution >= 4 is 11.9 Å². The van der Waals surface area contributed by atoms with E-state index in [2.05, 4.69) is 31.3 Å². The third kappa shape index (κ3) is 40.0. The smallest absolute Gasteiger partial charge is 0.305 e. The van der Waals surface area contributed by atoms with Gasteiger partial charge in [-0.3, -0.25) is 9.59 Å². The fourth-order valence-electron chi connectivity index (χ4n) is 7.04. The van der Waals surface area contributed by atoms with Crippen LogP contribution >= 0.6 is 0 Å². The van der Waals surface area contributed by atoms with E-state index in [1.807, 2.05) is 6.08 Å². The van der Waals surface area contributed by atoms with Crippen molar-refractivity contribution in [2.45, 2.75) is 257 Å². The lowest BCUT2D eigenvalue weighted by Gasteiger charge is -2.20. The van der Waals surface area contributed by atoms with Crippen LogP contribution in [0.15, 0.2) is 24.3 Å². The van der Waals surface area contributed by atoms with Crippen LogP contribution in [0.1, 0.15) is 245 Å². The van der Waals surface area contributed by atoms with E-state index in [-0.39, 0.29) is 18.5 Å². The van der Waals surface area contributed by atoms with Crippen molar-refractivity contribution in [3.05, 3.63) is 24.3 Å². The Kier molecular flexibility index (Phi) is 42.7. The summed E-state index contributed by atoms with van der Waals surface area (Å²) in [4.78, 5) is 24.4. The van der Waals surface area contributed by atoms with Gasteiger partial charge in [-0.25, -0.2) is 0 Å². The van der Waals surface area contributed by atoms with Crippen molar-refractivity contribution < 1.29 is 24.5 Å². The van der Waals surface area contributed by atoms with Crippen LogP contribution in [0.2, 0.25) is 0 Å². The van der Waals surface area contributed by atoms with Crippen molar-refractivity contribution in [1.82, 2.24) is 5.32 Å². The first-order chi connectivity index (χ1) is 26.5. The van der Waals surface area contributed by atoms with Gasteiger partial charge in [0.05, 0.1) is 25.4 Å². The molecule has 0 aliphatic heterocycles. The van der Waals surface area contributed by atoms with Gasteiger partial charge in [0.15, 0.2) is 0 Å². The Morgan fingerprint density at radius 1 is 0.500 bits per heavy atom. The number of amides is 1. The Hall–Kier alpha value is -1.66. The normalized spacial score (nSPS) is 12.9. The summed E-state index contributed by atoms with van der Waals surface area (Å²) in [7, 11) is 0. The van der Waals surface area contributed by atoms with Crippen molar-refractivity contribution in [2.24, 2.45) is 0 Å². The van der Waals surface area contributed by atoms with Crippen molar-refractivity contribution in [3.63, 3.8) is 0 Å². The maximum Gasteiger partial charge on any atom is 0.305 e. The number of allylic oxidation sites excluding steroid dienone is 3. The van der Waals surface area contributed by atoms with Crippen molar-refractivity contribution in [2.75, 3.05) is 13.2 Å². The Bertz CT molecular complexity index is 843. The molecule has 54 heavy (non-hydrogen) atoms. The average Bonchev–Trinajstić information content (AvgIpc) is 3.17. The Balaban J connectivity index is 3.48. The number of carbonyl (C=O) groups excluding carboxylic acids is 2. The van der Waals surface area contributed by atoms with Crippen LogP contribution in [-0.2, 0) is 14.3 Å². The van der Waals surface area contributed by atoms with Gasteiger partial charge in [0.2, 0.25) is 5.91 Å². The molecule has 6 heteroatoms. The van der Waals surface area contributed by atoms with Crippen LogP contribution in [-0.4, -0.2) is 47.4 Å². The molecule has 0 aromatic rings. The van der Waals surface area contributed by atoms with E-state index in [9.17, 15) is 19.8 Å². The van der Waals surface area contributed by atoms with E-state index in [1.165, 1.54) is 161 Å². The summed E-state index contributed by atoms with van der Waals surface area (Å²) in [5, 5.41) is 22.9. The first-order valence-corrected chi connectivity index (χ1v) is 23.6. The maximum absolute atomic E-state index is 12.4. The summed E-state index contributed by atoms with van der Waals surface area (Å²) >= 11 is 0. The number of hydrogen-bond acceptors (Lipinski definition) is 5. The molecule has 0 radical (unpaired) electrons. The van der Waals surface area contributed by atoms with Gasteiger partial charge in [0.1, 0.15) is 0 Å². The zero-order valence-electron chi connectivity index (χ0n) is 36.0. The van der Waals surface area contributed by atoms with Crippen LogP contribution in [0.3, 0.4) is 0 Å². The predicted octanol–water partition coefficient (Wildman–Crippen LogP) is 13.6. The van der Waals surface area contributed by atoms with Crippen LogP contribution in [0.25, 0.3) is 0 Å². The van der Waals surface area contributed by atoms with Gasteiger partial charge in [-0.15, -0.1) is 0 Å². The van der Waals surface area contributed by atoms with Gasteiger partial charge in [-0.05, 0) is 57.8 Å². The minimum absolute atomic E-state index is 0.0169. The van der Waals surface area contributed by atoms with Gasteiger partial charge in [0, 0.05) is 12.8 Å². The number of nitrogens with one attached hydrogen (secondary N) is 1. The summed E-state index contributed by atoms with van der Waals surface area (Å²) in [6, 6.07) is -0.635. The summed E-state index contributed by atoms with van der Waals surface area (Å²) in [5.74, 6) is -0.100. The standard InChI is InChI=1S/C48H91NO5/c1-3-5-7-9-11-13-15-17-22-26-30-34-38-42-48(53)54-43-39-35-31-27-23-19-16-18-21-25-29-33-37-41-47(52)49-45(44-50)46(51)40-36-32-28-24-20-14-12-10-8-6-4-2/h13,15,36,40,45-46,50-51H,3-12,14,16-35,37-39,41-44H2,1-2H3,(H,49,52)/b15-13-,40-36+. The van der Waals surface area contributed by atoms with Crippen molar-refractivity contribution in [1.29, 1.82) is 0 Å². The third-order valence-electron chi connectivity index (χ3n) is 10.7. The van der Waals surface area contributed by atoms with Gasteiger partial charge >= 0.3 is 5.97 Å². The van der Waals surface area contributed by atoms with Crippen LogP contribution in [0.4, 0.5) is 0 Å². The number of aliphatic hydroxyl groups is 2. The topological polar surface area (TPSA) is 95.9 Å². The molecule has 3 N–H and O–H groups in total. The molecule has 0 heterocycles. The van der Waals surface area contributed by atoms with Gasteiger partial charge < -0.3 is 20.3 Å². The number of carbonyl (C=O) groups is 2. The molecular weight excluding hydrogens is 671 g/mol. The first kappa shape index (κ1) is 52.3. The third-order valence-corrected chi connectivity index (χ3v) is 10.7. The second kappa shape index (κ2) is 44.1. The SMILES string of the molecule is CCCCCC/C=C\CCCCCCCC(=O)OCCCCCCCCCCCCCCCC(=O)NC(CO)C(O)/C=C/CCCCCCCCCCC. The molecule has 0 fully saturated rings. The molecule has 1 amide bonds. The number of unbranched alkanes of at least 4 members (excludes halogenated alkanes) is 30. The lowest BCUT2D eigenvalue weighted by molar-refractivity contribution is -0.143. The Labute approximate surface area is 335 Å². The quantitative estimate of drug-likeness (QED) is 0.0327. The minimum atomic E-state index is -0.851. The Morgan fingerprint density at radius 2 is 0.870 bits per heavy atom. The predicted molar refractivity (Wildman–Crippen MR) is 232 cm³/mol. The highest BCUT2D eigenvalue weighted by Crippen LogP contribution is 2.15.